The van der Waals surface area contributed by atoms with Gasteiger partial charge in [0.1, 0.15) is 28.5 Å². The van der Waals surface area contributed by atoms with Crippen LogP contribution in [0.3, 0.4) is 0 Å². The van der Waals surface area contributed by atoms with Crippen LogP contribution in [0.1, 0.15) is 22.3 Å². The zero-order chi connectivity index (χ0) is 24.9. The molecule has 0 saturated heterocycles. The van der Waals surface area contributed by atoms with Crippen LogP contribution in [0.4, 0.5) is 17.3 Å². The van der Waals surface area contributed by atoms with Crippen LogP contribution in [0.2, 0.25) is 0 Å². The molecular formula is C28H28BF4P. The first-order valence-electron chi connectivity index (χ1n) is 11.1. The molecule has 0 N–H and O–H groups in total. The highest BCUT2D eigenvalue weighted by Gasteiger charge is 2.48. The Hall–Kier alpha value is -2.91. The normalized spacial score (nSPS) is 11.5. The topological polar surface area (TPSA) is 0 Å². The molecule has 6 heteroatoms. The van der Waals surface area contributed by atoms with E-state index in [4.69, 9.17) is 0 Å². The van der Waals surface area contributed by atoms with Crippen molar-refractivity contribution >= 4 is 35.7 Å². The highest BCUT2D eigenvalue weighted by molar-refractivity contribution is 8.01. The monoisotopic (exact) mass is 482 g/mol. The van der Waals surface area contributed by atoms with E-state index in [0.717, 1.165) is 0 Å². The fraction of sp³-hybridized carbons (Fsp3) is 0.143. The van der Waals surface area contributed by atoms with E-state index in [1.165, 1.54) is 43.5 Å². The van der Waals surface area contributed by atoms with Crippen molar-refractivity contribution in [3.05, 3.63) is 119 Å². The first-order valence-corrected chi connectivity index (χ1v) is 12.8. The van der Waals surface area contributed by atoms with Crippen LogP contribution >= 0.6 is 7.26 Å². The van der Waals surface area contributed by atoms with Crippen molar-refractivity contribution in [2.24, 2.45) is 0 Å². The van der Waals surface area contributed by atoms with Crippen molar-refractivity contribution in [2.75, 3.05) is 0 Å². The van der Waals surface area contributed by atoms with Gasteiger partial charge in [0.2, 0.25) is 0 Å². The number of rotatable bonds is 4. The van der Waals surface area contributed by atoms with Crippen LogP contribution < -0.4 is 21.2 Å². The van der Waals surface area contributed by atoms with E-state index in [1.807, 2.05) is 0 Å². The van der Waals surface area contributed by atoms with Crippen LogP contribution in [-0.2, 0) is 0 Å². The minimum atomic E-state index is -6.00. The van der Waals surface area contributed by atoms with E-state index >= 15 is 0 Å². The maximum atomic E-state index is 9.75. The Kier molecular flexibility index (Phi) is 7.99. The zero-order valence-electron chi connectivity index (χ0n) is 19.8. The second-order valence-electron chi connectivity index (χ2n) is 8.52. The lowest BCUT2D eigenvalue weighted by atomic mass is 10.2. The smallest absolute Gasteiger partial charge is 0.418 e. The van der Waals surface area contributed by atoms with Gasteiger partial charge in [-0.2, -0.15) is 0 Å². The molecule has 0 unspecified atom stereocenters. The molecule has 0 amide bonds. The number of hydrogen-bond donors (Lipinski definition) is 0. The molecule has 0 heterocycles. The molecule has 4 aromatic rings. The Bertz CT molecular complexity index is 1070. The Morgan fingerprint density at radius 3 is 0.824 bits per heavy atom. The molecule has 0 aliphatic rings. The predicted molar refractivity (Wildman–Crippen MR) is 140 cm³/mol. The summed E-state index contributed by atoms with van der Waals surface area (Å²) in [7, 11) is -8.01. The summed E-state index contributed by atoms with van der Waals surface area (Å²) in [5.74, 6) is 0. The van der Waals surface area contributed by atoms with E-state index in [1.54, 1.807) is 0 Å². The van der Waals surface area contributed by atoms with Gasteiger partial charge in [-0.25, -0.2) is 0 Å². The van der Waals surface area contributed by atoms with Crippen molar-refractivity contribution in [1.82, 2.24) is 0 Å². The van der Waals surface area contributed by atoms with Gasteiger partial charge in [0, 0.05) is 0 Å². The summed E-state index contributed by atoms with van der Waals surface area (Å²) >= 11 is 0. The summed E-state index contributed by atoms with van der Waals surface area (Å²) in [6, 6.07) is 36.5. The molecule has 0 bridgehead atoms. The molecule has 4 aromatic carbocycles. The number of halogens is 4. The Morgan fingerprint density at radius 2 is 0.647 bits per heavy atom. The lowest BCUT2D eigenvalue weighted by molar-refractivity contribution is 0.368. The third-order valence-corrected chi connectivity index (χ3v) is 9.77. The second-order valence-corrected chi connectivity index (χ2v) is 11.9. The average molecular weight is 482 g/mol. The summed E-state index contributed by atoms with van der Waals surface area (Å²) < 4.78 is 39.0. The predicted octanol–water partition coefficient (Wildman–Crippen LogP) is 6.84. The number of aryl methyl sites for hydroxylation is 4. The van der Waals surface area contributed by atoms with Crippen LogP contribution in [0.25, 0.3) is 0 Å². The fourth-order valence-electron chi connectivity index (χ4n) is 4.24. The van der Waals surface area contributed by atoms with Gasteiger partial charge in [-0.15, -0.1) is 0 Å². The quantitative estimate of drug-likeness (QED) is 0.170. The molecule has 0 radical (unpaired) electrons. The third kappa shape index (κ3) is 6.15. The van der Waals surface area contributed by atoms with Gasteiger partial charge < -0.3 is 17.3 Å². The molecule has 0 nitrogen and oxygen atoms in total. The Labute approximate surface area is 200 Å². The first kappa shape index (κ1) is 25.7. The maximum Gasteiger partial charge on any atom is 0.673 e. The minimum Gasteiger partial charge on any atom is -0.418 e. The first-order chi connectivity index (χ1) is 16.0. The van der Waals surface area contributed by atoms with Crippen LogP contribution in [0.5, 0.6) is 0 Å². The van der Waals surface area contributed by atoms with Crippen LogP contribution in [-0.4, -0.2) is 7.25 Å². The summed E-state index contributed by atoms with van der Waals surface area (Å²) in [6.07, 6.45) is 0. The maximum absolute atomic E-state index is 9.75. The molecule has 0 aliphatic carbocycles. The van der Waals surface area contributed by atoms with Gasteiger partial charge in [0.15, 0.2) is 0 Å². The van der Waals surface area contributed by atoms with E-state index in [0.29, 0.717) is 0 Å². The highest BCUT2D eigenvalue weighted by Crippen LogP contribution is 2.54. The van der Waals surface area contributed by atoms with E-state index < -0.39 is 14.5 Å². The lowest BCUT2D eigenvalue weighted by Gasteiger charge is -2.28. The summed E-state index contributed by atoms with van der Waals surface area (Å²) in [4.78, 5) is 0. The minimum absolute atomic E-state index is 1.31. The summed E-state index contributed by atoms with van der Waals surface area (Å²) in [5, 5.41) is 5.66. The Balaban J connectivity index is 0.000000588. The molecule has 0 spiro atoms. The van der Waals surface area contributed by atoms with Crippen molar-refractivity contribution in [1.29, 1.82) is 0 Å². The molecule has 176 valence electrons. The molecule has 0 fully saturated rings. The van der Waals surface area contributed by atoms with Gasteiger partial charge in [-0.1, -0.05) is 48.5 Å². The summed E-state index contributed by atoms with van der Waals surface area (Å²) in [5.41, 5.74) is 5.22. The third-order valence-electron chi connectivity index (χ3n) is 5.56. The van der Waals surface area contributed by atoms with Crippen molar-refractivity contribution in [3.8, 4) is 0 Å². The van der Waals surface area contributed by atoms with Gasteiger partial charge >= 0.3 is 7.25 Å². The molecular weight excluding hydrogens is 454 g/mol. The van der Waals surface area contributed by atoms with Crippen LogP contribution in [0.15, 0.2) is 97.1 Å². The van der Waals surface area contributed by atoms with Crippen molar-refractivity contribution < 1.29 is 17.3 Å². The Morgan fingerprint density at radius 1 is 0.441 bits per heavy atom. The SMILES string of the molecule is Cc1cccc([P+](c2cccc(C)c2)(c2cccc(C)c2)c2cccc(C)c2)c1.F[B-](F)(F)F. The van der Waals surface area contributed by atoms with Gasteiger partial charge in [0.05, 0.1) is 0 Å². The number of hydrogen-bond acceptors (Lipinski definition) is 0. The molecule has 4 rings (SSSR count). The molecule has 0 aliphatic heterocycles. The fourth-order valence-corrected chi connectivity index (χ4v) is 8.86. The van der Waals surface area contributed by atoms with Crippen LogP contribution in [0, 0.1) is 27.7 Å². The lowest BCUT2D eigenvalue weighted by Crippen LogP contribution is -2.39. The molecule has 0 saturated carbocycles. The van der Waals surface area contributed by atoms with Crippen molar-refractivity contribution in [2.45, 2.75) is 27.7 Å². The van der Waals surface area contributed by atoms with Gasteiger partial charge in [-0.3, -0.25) is 0 Å². The highest BCUT2D eigenvalue weighted by atomic mass is 31.2. The van der Waals surface area contributed by atoms with E-state index in [2.05, 4.69) is 125 Å². The summed E-state index contributed by atoms with van der Waals surface area (Å²) in [6.45, 7) is 8.78. The van der Waals surface area contributed by atoms with Crippen molar-refractivity contribution in [3.63, 3.8) is 0 Å². The van der Waals surface area contributed by atoms with E-state index in [-0.39, 0.29) is 0 Å². The van der Waals surface area contributed by atoms with E-state index in [9.17, 15) is 17.3 Å². The molecule has 0 aromatic heterocycles. The van der Waals surface area contributed by atoms with Gasteiger partial charge in [0.25, 0.3) is 0 Å². The zero-order valence-corrected chi connectivity index (χ0v) is 20.7. The standard InChI is InChI=1S/C28H28P.BF4/c1-21-9-5-13-25(17-21)29(26-14-6-10-22(2)18-26,27-15-7-11-23(3)19-27)28-16-8-12-24(4)20-28;2-1(3,4)5/h5-20H,1-4H3;/q+1;-1. The van der Waals surface area contributed by atoms with Gasteiger partial charge in [-0.05, 0) is 98.5 Å². The average Bonchev–Trinajstić information content (AvgIpc) is 2.74. The molecule has 0 atom stereocenters. The largest absolute Gasteiger partial charge is 0.673 e. The number of benzene rings is 4. The molecule has 34 heavy (non-hydrogen) atoms. The second kappa shape index (κ2) is 10.6.